The van der Waals surface area contributed by atoms with E-state index in [9.17, 15) is 0 Å². The third kappa shape index (κ3) is 1.86. The molecule has 0 spiro atoms. The summed E-state index contributed by atoms with van der Waals surface area (Å²) >= 11 is 0. The number of nitrogens with one attached hydrogen (secondary N) is 1. The minimum Gasteiger partial charge on any atom is -0.376 e. The van der Waals surface area contributed by atoms with E-state index in [1.807, 2.05) is 0 Å². The Balaban J connectivity index is 1.92. The molecule has 12 heavy (non-hydrogen) atoms. The van der Waals surface area contributed by atoms with Gasteiger partial charge in [-0.1, -0.05) is 6.08 Å². The molecule has 1 N–H and O–H groups in total. The van der Waals surface area contributed by atoms with Crippen LogP contribution in [0.4, 0.5) is 0 Å². The van der Waals surface area contributed by atoms with Crippen molar-refractivity contribution in [1.29, 1.82) is 0 Å². The molecule has 0 bridgehead atoms. The van der Waals surface area contributed by atoms with Crippen molar-refractivity contribution in [1.82, 2.24) is 5.32 Å². The molecule has 0 aromatic rings. The van der Waals surface area contributed by atoms with Crippen molar-refractivity contribution < 1.29 is 9.47 Å². The van der Waals surface area contributed by atoms with Crippen LogP contribution < -0.4 is 5.32 Å². The Bertz CT molecular complexity index is 173. The van der Waals surface area contributed by atoms with Gasteiger partial charge in [0.1, 0.15) is 6.10 Å². The molecule has 2 aliphatic heterocycles. The molecule has 3 nitrogen and oxygen atoms in total. The molecule has 2 aliphatic rings. The van der Waals surface area contributed by atoms with Crippen molar-refractivity contribution in [2.24, 2.45) is 0 Å². The summed E-state index contributed by atoms with van der Waals surface area (Å²) in [6.07, 6.45) is 3.57. The van der Waals surface area contributed by atoms with E-state index in [0.29, 0.717) is 0 Å². The Morgan fingerprint density at radius 1 is 1.42 bits per heavy atom. The standard InChI is InChI=1S/C9H15NO2/c1-3-10-4-2-8(1)9-7-11-5-6-12-9/h1,9-10H,2-7H2. The van der Waals surface area contributed by atoms with Gasteiger partial charge in [0.2, 0.25) is 0 Å². The van der Waals surface area contributed by atoms with E-state index in [-0.39, 0.29) is 6.10 Å². The highest BCUT2D eigenvalue weighted by Gasteiger charge is 2.19. The number of hydrogen-bond acceptors (Lipinski definition) is 3. The SMILES string of the molecule is C1=C(C2COCCO2)CCNC1. The molecule has 0 radical (unpaired) electrons. The maximum Gasteiger partial charge on any atom is 0.102 e. The van der Waals surface area contributed by atoms with Crippen LogP contribution in [-0.4, -0.2) is 39.0 Å². The van der Waals surface area contributed by atoms with Gasteiger partial charge in [0, 0.05) is 6.54 Å². The first-order valence-corrected chi connectivity index (χ1v) is 4.56. The van der Waals surface area contributed by atoms with Gasteiger partial charge in [0.05, 0.1) is 19.8 Å². The first kappa shape index (κ1) is 8.23. The van der Waals surface area contributed by atoms with Crippen molar-refractivity contribution >= 4 is 0 Å². The van der Waals surface area contributed by atoms with Crippen molar-refractivity contribution in [3.8, 4) is 0 Å². The molecule has 2 rings (SSSR count). The second-order valence-electron chi connectivity index (χ2n) is 3.17. The van der Waals surface area contributed by atoms with E-state index in [0.717, 1.165) is 39.3 Å². The van der Waals surface area contributed by atoms with Crippen LogP contribution in [0.3, 0.4) is 0 Å². The molecule has 0 saturated carbocycles. The number of hydrogen-bond donors (Lipinski definition) is 1. The first-order chi connectivity index (χ1) is 5.97. The Labute approximate surface area is 72.7 Å². The molecule has 3 heteroatoms. The van der Waals surface area contributed by atoms with E-state index in [1.165, 1.54) is 5.57 Å². The van der Waals surface area contributed by atoms with Gasteiger partial charge in [-0.3, -0.25) is 0 Å². The van der Waals surface area contributed by atoms with Crippen LogP contribution in [0.15, 0.2) is 11.6 Å². The van der Waals surface area contributed by atoms with E-state index >= 15 is 0 Å². The quantitative estimate of drug-likeness (QED) is 0.573. The first-order valence-electron chi connectivity index (χ1n) is 4.56. The van der Waals surface area contributed by atoms with Gasteiger partial charge in [-0.25, -0.2) is 0 Å². The fraction of sp³-hybridized carbons (Fsp3) is 0.778. The Morgan fingerprint density at radius 2 is 2.42 bits per heavy atom. The fourth-order valence-electron chi connectivity index (χ4n) is 1.63. The van der Waals surface area contributed by atoms with Crippen LogP contribution in [0.2, 0.25) is 0 Å². The molecule has 1 fully saturated rings. The predicted molar refractivity (Wildman–Crippen MR) is 46.1 cm³/mol. The van der Waals surface area contributed by atoms with E-state index < -0.39 is 0 Å². The normalized spacial score (nSPS) is 31.3. The van der Waals surface area contributed by atoms with Crippen molar-refractivity contribution in [2.75, 3.05) is 32.9 Å². The largest absolute Gasteiger partial charge is 0.376 e. The van der Waals surface area contributed by atoms with E-state index in [2.05, 4.69) is 11.4 Å². The summed E-state index contributed by atoms with van der Waals surface area (Å²) in [5, 5.41) is 3.28. The second-order valence-corrected chi connectivity index (χ2v) is 3.17. The smallest absolute Gasteiger partial charge is 0.102 e. The molecular weight excluding hydrogens is 154 g/mol. The number of rotatable bonds is 1. The van der Waals surface area contributed by atoms with E-state index in [4.69, 9.17) is 9.47 Å². The van der Waals surface area contributed by atoms with Crippen LogP contribution in [0.5, 0.6) is 0 Å². The minimum atomic E-state index is 0.237. The van der Waals surface area contributed by atoms with Crippen molar-refractivity contribution in [3.05, 3.63) is 11.6 Å². The summed E-state index contributed by atoms with van der Waals surface area (Å²) in [6.45, 7) is 4.30. The molecule has 1 unspecified atom stereocenters. The van der Waals surface area contributed by atoms with Gasteiger partial charge in [-0.15, -0.1) is 0 Å². The zero-order chi connectivity index (χ0) is 8.23. The van der Waals surface area contributed by atoms with Gasteiger partial charge in [0.15, 0.2) is 0 Å². The summed E-state index contributed by atoms with van der Waals surface area (Å²) in [4.78, 5) is 0. The average molecular weight is 169 g/mol. The van der Waals surface area contributed by atoms with E-state index in [1.54, 1.807) is 0 Å². The zero-order valence-electron chi connectivity index (χ0n) is 7.21. The highest BCUT2D eigenvalue weighted by Crippen LogP contribution is 2.15. The van der Waals surface area contributed by atoms with Gasteiger partial charge in [-0.05, 0) is 18.5 Å². The molecule has 0 aromatic carbocycles. The van der Waals surface area contributed by atoms with Crippen LogP contribution in [0.1, 0.15) is 6.42 Å². The Kier molecular flexibility index (Phi) is 2.76. The molecule has 0 amide bonds. The van der Waals surface area contributed by atoms with Crippen LogP contribution >= 0.6 is 0 Å². The topological polar surface area (TPSA) is 30.5 Å². The Morgan fingerprint density at radius 3 is 3.08 bits per heavy atom. The summed E-state index contributed by atoms with van der Waals surface area (Å²) < 4.78 is 10.9. The molecular formula is C9H15NO2. The third-order valence-electron chi connectivity index (χ3n) is 2.33. The van der Waals surface area contributed by atoms with Crippen LogP contribution in [-0.2, 0) is 9.47 Å². The maximum atomic E-state index is 5.60. The number of ether oxygens (including phenoxy) is 2. The lowest BCUT2D eigenvalue weighted by molar-refractivity contribution is -0.0735. The lowest BCUT2D eigenvalue weighted by Gasteiger charge is -2.27. The minimum absolute atomic E-state index is 0.237. The molecule has 68 valence electrons. The Hall–Kier alpha value is -0.380. The zero-order valence-corrected chi connectivity index (χ0v) is 7.21. The average Bonchev–Trinajstić information content (AvgIpc) is 2.21. The summed E-state index contributed by atoms with van der Waals surface area (Å²) in [5.74, 6) is 0. The lowest BCUT2D eigenvalue weighted by atomic mass is 10.0. The maximum absolute atomic E-state index is 5.60. The van der Waals surface area contributed by atoms with Gasteiger partial charge < -0.3 is 14.8 Å². The van der Waals surface area contributed by atoms with Crippen molar-refractivity contribution in [3.63, 3.8) is 0 Å². The highest BCUT2D eigenvalue weighted by atomic mass is 16.6. The monoisotopic (exact) mass is 169 g/mol. The van der Waals surface area contributed by atoms with Crippen LogP contribution in [0.25, 0.3) is 0 Å². The lowest BCUT2D eigenvalue weighted by Crippen LogP contribution is -2.33. The highest BCUT2D eigenvalue weighted by molar-refractivity contribution is 5.12. The van der Waals surface area contributed by atoms with Gasteiger partial charge in [0.25, 0.3) is 0 Å². The van der Waals surface area contributed by atoms with Gasteiger partial charge >= 0.3 is 0 Å². The summed E-state index contributed by atoms with van der Waals surface area (Å²) in [7, 11) is 0. The third-order valence-corrected chi connectivity index (χ3v) is 2.33. The molecule has 2 heterocycles. The summed E-state index contributed by atoms with van der Waals surface area (Å²) in [6, 6.07) is 0. The molecule has 1 saturated heterocycles. The summed E-state index contributed by atoms with van der Waals surface area (Å²) in [5.41, 5.74) is 1.41. The molecule has 1 atom stereocenters. The van der Waals surface area contributed by atoms with Gasteiger partial charge in [-0.2, -0.15) is 0 Å². The molecule has 0 aliphatic carbocycles. The van der Waals surface area contributed by atoms with Crippen molar-refractivity contribution in [2.45, 2.75) is 12.5 Å². The fourth-order valence-corrected chi connectivity index (χ4v) is 1.63. The van der Waals surface area contributed by atoms with Crippen LogP contribution in [0, 0.1) is 0 Å². The predicted octanol–water partition coefficient (Wildman–Crippen LogP) is 0.321. The second kappa shape index (κ2) is 4.03. The molecule has 0 aromatic heterocycles.